The third kappa shape index (κ3) is 12.2. The molecule has 8 aromatic carbocycles. The first-order chi connectivity index (χ1) is 38.7. The fourth-order valence-corrected chi connectivity index (χ4v) is 12.6. The van der Waals surface area contributed by atoms with Gasteiger partial charge in [0.1, 0.15) is 79.8 Å². The van der Waals surface area contributed by atoms with Gasteiger partial charge in [-0.3, -0.25) is 31.9 Å². The molecule has 0 spiro atoms. The van der Waals surface area contributed by atoms with Crippen molar-refractivity contribution in [1.29, 1.82) is 0 Å². The Balaban J connectivity index is 1.27. The predicted octanol–water partition coefficient (Wildman–Crippen LogP) is 8.24. The molecule has 0 saturated heterocycles. The van der Waals surface area contributed by atoms with E-state index in [1.807, 2.05) is 0 Å². The van der Waals surface area contributed by atoms with Crippen LogP contribution in [0.3, 0.4) is 0 Å². The fourth-order valence-electron chi connectivity index (χ4n) is 7.91. The molecule has 0 aliphatic heterocycles. The van der Waals surface area contributed by atoms with E-state index < -0.39 is 195 Å². The molecule has 34 nitrogen and oxygen atoms in total. The van der Waals surface area contributed by atoms with Crippen molar-refractivity contribution < 1.29 is 111 Å². The van der Waals surface area contributed by atoms with Crippen LogP contribution in [0.2, 0.25) is 0 Å². The summed E-state index contributed by atoms with van der Waals surface area (Å²) < 4.78 is 252. The van der Waals surface area contributed by atoms with Gasteiger partial charge in [0.15, 0.2) is 17.2 Å². The van der Waals surface area contributed by atoms with Crippen LogP contribution in [0.25, 0.3) is 32.3 Å². The van der Waals surface area contributed by atoms with E-state index in [-0.39, 0.29) is 16.5 Å². The number of ether oxygens (including phenoxy) is 1. The van der Waals surface area contributed by atoms with Crippen molar-refractivity contribution in [3.05, 3.63) is 97.1 Å². The van der Waals surface area contributed by atoms with Crippen LogP contribution in [0.1, 0.15) is 0 Å². The second-order valence-corrected chi connectivity index (χ2v) is 26.5. The Bertz CT molecular complexity index is 5200. The summed E-state index contributed by atoms with van der Waals surface area (Å²) in [7, 11) is -36.8. The number of rotatable bonds is 16. The van der Waals surface area contributed by atoms with Gasteiger partial charge < -0.3 is 25.8 Å². The number of fused-ring (bicyclic) bond motifs is 3. The molecule has 0 heterocycles. The molecule has 0 fully saturated rings. The summed E-state index contributed by atoms with van der Waals surface area (Å²) in [5.41, 5.74) is -2.02. The van der Waals surface area contributed by atoms with E-state index in [1.54, 1.807) is 0 Å². The van der Waals surface area contributed by atoms with Crippen molar-refractivity contribution in [2.45, 2.75) is 34.3 Å². The number of benzene rings is 8. The number of methoxy groups -OCH3 is 1. The monoisotopic (exact) mass is 1300 g/mol. The van der Waals surface area contributed by atoms with E-state index in [0.29, 0.717) is 30.3 Å². The number of hydrogen-bond donors (Lipinski definition) is 11. The van der Waals surface area contributed by atoms with Gasteiger partial charge in [0.25, 0.3) is 70.8 Å². The zero-order chi connectivity index (χ0) is 62.2. The molecule has 0 amide bonds. The average Bonchev–Trinajstić information content (AvgIpc) is 0.878. The van der Waals surface area contributed by atoms with Crippen molar-refractivity contribution in [2.24, 2.45) is 40.9 Å². The van der Waals surface area contributed by atoms with Gasteiger partial charge in [0, 0.05) is 22.2 Å². The Labute approximate surface area is 470 Å². The fraction of sp³-hybridized carbons (Fsp3) is 0.0233. The lowest BCUT2D eigenvalue weighted by Crippen LogP contribution is -2.04. The third-order valence-corrected chi connectivity index (χ3v) is 17.7. The first-order valence-electron chi connectivity index (χ1n) is 21.7. The van der Waals surface area contributed by atoms with Crippen molar-refractivity contribution in [2.75, 3.05) is 12.8 Å². The van der Waals surface area contributed by atoms with Crippen LogP contribution in [0.4, 0.5) is 51.2 Å². The molecular weight excluding hydrogens is 1270 g/mol. The van der Waals surface area contributed by atoms with E-state index >= 15 is 0 Å². The summed E-state index contributed by atoms with van der Waals surface area (Å²) in [4.78, 5) is -8.51. The zero-order valence-electron chi connectivity index (χ0n) is 40.8. The summed E-state index contributed by atoms with van der Waals surface area (Å²) in [5, 5.41) is 59.2. The SMILES string of the molecule is COc1ccc(N=Nc2c(S(=O)(=O)O)cc3c(S(=O)(=O)O)c(N=Nc4c(S(=O)(=O)O)cc5cc(S(=O)(=O)O)c(N=Nc6ccc7c(O)c(N=Nc8ccccc8S(=O)(=O)O)c(S(=O)(=O)O)cc7c6)c(O)c5c4N)ccc3c2O)c(S(=O)(=O)O)c1. The van der Waals surface area contributed by atoms with Crippen molar-refractivity contribution in [3.8, 4) is 23.0 Å². The molecule has 84 heavy (non-hydrogen) atoms. The molecule has 8 aromatic rings. The molecule has 0 radical (unpaired) electrons. The zero-order valence-corrected chi connectivity index (χ0v) is 46.6. The van der Waals surface area contributed by atoms with Crippen LogP contribution in [0.15, 0.2) is 172 Å². The van der Waals surface area contributed by atoms with Crippen LogP contribution in [-0.4, -0.2) is 113 Å². The Kier molecular flexibility index (Phi) is 15.7. The lowest BCUT2D eigenvalue weighted by atomic mass is 10.0. The standard InChI is InChI=1S/C43H31N9O25S7/c1-77-21-7-10-26(29(16-21)79(59,60)61)47-52-38-33(83(71,72)73)17-24-23(41(38)54)9-11-27(43(24)84(74,75)76)48-49-36-30(80(62,63)64)14-19-15-32(82(68,69)70)39(42(55)34(19)35(36)44)50-45-20-6-8-22-18(12-20)13-31(81(65,66)67)37(40(22)53)51-46-25-4-2-3-5-28(25)78(56,57)58/h2-17,53-55H,44H2,1H3,(H,56,57,58)(H,59,60,61)(H,62,63,64)(H,65,66,67)(H,68,69,70)(H,71,72,73)(H,74,75,76). The van der Waals surface area contributed by atoms with Crippen LogP contribution < -0.4 is 10.5 Å². The Morgan fingerprint density at radius 2 is 0.798 bits per heavy atom. The largest absolute Gasteiger partial charge is 0.505 e. The highest BCUT2D eigenvalue weighted by Crippen LogP contribution is 2.51. The smallest absolute Gasteiger partial charge is 0.297 e. The summed E-state index contributed by atoms with van der Waals surface area (Å²) in [6.45, 7) is 0. The molecule has 8 rings (SSSR count). The third-order valence-electron chi connectivity index (χ3n) is 11.5. The number of hydrogen-bond acceptors (Lipinski definition) is 27. The van der Waals surface area contributed by atoms with Gasteiger partial charge in [-0.05, 0) is 89.6 Å². The summed E-state index contributed by atoms with van der Waals surface area (Å²) >= 11 is 0. The van der Waals surface area contributed by atoms with Gasteiger partial charge in [-0.2, -0.15) is 64.0 Å². The van der Waals surface area contributed by atoms with Crippen LogP contribution in [0.5, 0.6) is 23.0 Å². The van der Waals surface area contributed by atoms with Crippen molar-refractivity contribution >= 4 is 154 Å². The molecule has 440 valence electrons. The highest BCUT2D eigenvalue weighted by Gasteiger charge is 2.32. The normalized spacial score (nSPS) is 13.4. The Morgan fingerprint density at radius 1 is 0.369 bits per heavy atom. The molecule has 41 heteroatoms. The van der Waals surface area contributed by atoms with Crippen LogP contribution in [-0.2, 0) is 70.8 Å². The first-order valence-corrected chi connectivity index (χ1v) is 31.8. The van der Waals surface area contributed by atoms with Crippen molar-refractivity contribution in [1.82, 2.24) is 0 Å². The molecule has 0 unspecified atom stereocenters. The minimum atomic E-state index is -5.75. The van der Waals surface area contributed by atoms with Crippen molar-refractivity contribution in [3.63, 3.8) is 0 Å². The number of aromatic hydroxyl groups is 3. The number of phenolic OH excluding ortho intramolecular Hbond substituents is 3. The Hall–Kier alpha value is -8.69. The van der Waals surface area contributed by atoms with E-state index in [1.165, 1.54) is 12.1 Å². The molecular formula is C43H31N9O25S7. The summed E-state index contributed by atoms with van der Waals surface area (Å²) in [6.07, 6.45) is 0. The van der Waals surface area contributed by atoms with E-state index in [2.05, 4.69) is 40.9 Å². The molecule has 0 aliphatic rings. The molecule has 0 bridgehead atoms. The lowest BCUT2D eigenvalue weighted by molar-refractivity contribution is 0.412. The number of nitrogens with zero attached hydrogens (tertiary/aromatic N) is 8. The molecule has 12 N–H and O–H groups in total. The van der Waals surface area contributed by atoms with Crippen LogP contribution in [0, 0.1) is 0 Å². The van der Waals surface area contributed by atoms with Gasteiger partial charge in [0.05, 0.1) is 23.9 Å². The summed E-state index contributed by atoms with van der Waals surface area (Å²) in [6, 6.07) is 13.6. The highest BCUT2D eigenvalue weighted by molar-refractivity contribution is 7.87. The van der Waals surface area contributed by atoms with E-state index in [4.69, 9.17) is 10.5 Å². The molecule has 0 aliphatic carbocycles. The maximum Gasteiger partial charge on any atom is 0.297 e. The highest BCUT2D eigenvalue weighted by atomic mass is 32.2. The number of nitrogens with two attached hydrogens (primary N) is 1. The van der Waals surface area contributed by atoms with Gasteiger partial charge in [-0.15, -0.1) is 35.8 Å². The Morgan fingerprint density at radius 3 is 1.33 bits per heavy atom. The number of phenols is 3. The number of anilines is 1. The van der Waals surface area contributed by atoms with E-state index in [9.17, 15) is 106 Å². The molecule has 0 atom stereocenters. The first kappa shape index (κ1) is 61.4. The predicted molar refractivity (Wildman–Crippen MR) is 286 cm³/mol. The maximum atomic E-state index is 13.1. The minimum Gasteiger partial charge on any atom is -0.505 e. The summed E-state index contributed by atoms with van der Waals surface area (Å²) in [5.74, 6) is -3.82. The van der Waals surface area contributed by atoms with Gasteiger partial charge in [-0.25, -0.2) is 0 Å². The van der Waals surface area contributed by atoms with Gasteiger partial charge in [0.2, 0.25) is 0 Å². The van der Waals surface area contributed by atoms with E-state index in [0.717, 1.165) is 61.7 Å². The lowest BCUT2D eigenvalue weighted by Gasteiger charge is -2.14. The topological polar surface area (TPSA) is 575 Å². The number of nitrogen functional groups attached to an aromatic ring is 1. The van der Waals surface area contributed by atoms with Gasteiger partial charge >= 0.3 is 0 Å². The second-order valence-electron chi connectivity index (χ2n) is 16.8. The van der Waals surface area contributed by atoms with Gasteiger partial charge in [-0.1, -0.05) is 12.1 Å². The minimum absolute atomic E-state index is 0.124. The maximum absolute atomic E-state index is 13.1. The number of azo groups is 4. The molecule has 0 aromatic heterocycles. The van der Waals surface area contributed by atoms with Crippen LogP contribution >= 0.6 is 0 Å². The quantitative estimate of drug-likeness (QED) is 0.0246. The average molecular weight is 1300 g/mol. The molecule has 0 saturated carbocycles. The second kappa shape index (κ2) is 21.5.